The lowest BCUT2D eigenvalue weighted by Crippen LogP contribution is -2.19. The van der Waals surface area contributed by atoms with Crippen LogP contribution in [0.25, 0.3) is 22.3 Å². The summed E-state index contributed by atoms with van der Waals surface area (Å²) in [4.78, 5) is 17.1. The summed E-state index contributed by atoms with van der Waals surface area (Å²) >= 11 is 0. The molecule has 10 heteroatoms. The Hall–Kier alpha value is -3.66. The third kappa shape index (κ3) is 4.29. The summed E-state index contributed by atoms with van der Waals surface area (Å²) < 4.78 is 35.5. The smallest absolute Gasteiger partial charge is 0.264 e. The van der Waals surface area contributed by atoms with Crippen LogP contribution in [0.5, 0.6) is 0 Å². The molecule has 4 aromatic rings. The third-order valence-corrected chi connectivity index (χ3v) is 4.68. The number of nitrogens with one attached hydrogen (secondary N) is 1. The number of pyridine rings is 1. The topological polar surface area (TPSA) is 86.9 Å². The predicted molar refractivity (Wildman–Crippen MR) is 111 cm³/mol. The molecule has 8 nitrogen and oxygen atoms in total. The summed E-state index contributed by atoms with van der Waals surface area (Å²) in [5.41, 5.74) is 2.05. The molecule has 0 saturated carbocycles. The highest BCUT2D eigenvalue weighted by molar-refractivity contribution is 5.92. The predicted octanol–water partition coefficient (Wildman–Crippen LogP) is 3.78. The van der Waals surface area contributed by atoms with Crippen molar-refractivity contribution in [2.45, 2.75) is 26.6 Å². The van der Waals surface area contributed by atoms with Crippen molar-refractivity contribution in [3.8, 4) is 11.3 Å². The summed E-state index contributed by atoms with van der Waals surface area (Å²) in [6.07, 6.45) is 0.406. The lowest BCUT2D eigenvalue weighted by atomic mass is 10.1. The minimum Gasteiger partial charge on any atom is -0.362 e. The van der Waals surface area contributed by atoms with Gasteiger partial charge >= 0.3 is 0 Å². The van der Waals surface area contributed by atoms with E-state index >= 15 is 0 Å². The molecule has 1 amide bonds. The first-order chi connectivity index (χ1) is 15.0. The van der Waals surface area contributed by atoms with Gasteiger partial charge in [-0.25, -0.2) is 23.1 Å². The van der Waals surface area contributed by atoms with Crippen LogP contribution in [0.2, 0.25) is 0 Å². The van der Waals surface area contributed by atoms with Crippen molar-refractivity contribution in [1.29, 1.82) is 0 Å². The fourth-order valence-corrected chi connectivity index (χ4v) is 3.39. The van der Waals surface area contributed by atoms with Gasteiger partial charge in [-0.1, -0.05) is 30.3 Å². The average molecular weight is 426 g/mol. The van der Waals surface area contributed by atoms with Crippen LogP contribution in [0.3, 0.4) is 0 Å². The maximum Gasteiger partial charge on any atom is 0.264 e. The van der Waals surface area contributed by atoms with Crippen LogP contribution in [0, 0.1) is 6.92 Å². The van der Waals surface area contributed by atoms with Crippen LogP contribution in [0.15, 0.2) is 48.8 Å². The monoisotopic (exact) mass is 426 g/mol. The molecule has 0 saturated heterocycles. The number of halogens is 2. The zero-order valence-corrected chi connectivity index (χ0v) is 16.9. The molecule has 0 aliphatic carbocycles. The quantitative estimate of drug-likeness (QED) is 0.486. The summed E-state index contributed by atoms with van der Waals surface area (Å²) in [5, 5.41) is 11.3. The van der Waals surface area contributed by atoms with E-state index in [-0.39, 0.29) is 35.8 Å². The second-order valence-corrected chi connectivity index (χ2v) is 6.94. The summed E-state index contributed by atoms with van der Waals surface area (Å²) in [7, 11) is 1.54. The number of methoxy groups -OCH3 is 1. The standard InChI is InChI=1S/C21H20F2N6O2/c1-13-19-16(20(22)23)8-17(14-6-4-3-5-7-14)26-21(19)29(27-13)11-18(30)25-15-9-24-28(10-15)12-31-2/h3-10,20H,11-12H2,1-2H3,(H,25,30). The molecular weight excluding hydrogens is 406 g/mol. The number of ether oxygens (including phenoxy) is 1. The molecule has 0 radical (unpaired) electrons. The molecule has 0 fully saturated rings. The lowest BCUT2D eigenvalue weighted by molar-refractivity contribution is -0.116. The van der Waals surface area contributed by atoms with Crippen molar-refractivity contribution in [1.82, 2.24) is 24.5 Å². The molecule has 0 atom stereocenters. The van der Waals surface area contributed by atoms with Crippen LogP contribution in [-0.2, 0) is 22.8 Å². The van der Waals surface area contributed by atoms with Crippen molar-refractivity contribution < 1.29 is 18.3 Å². The molecule has 1 N–H and O–H groups in total. The van der Waals surface area contributed by atoms with E-state index in [2.05, 4.69) is 20.5 Å². The Kier molecular flexibility index (Phi) is 5.72. The highest BCUT2D eigenvalue weighted by Gasteiger charge is 2.22. The van der Waals surface area contributed by atoms with Gasteiger partial charge in [0.1, 0.15) is 13.3 Å². The van der Waals surface area contributed by atoms with Crippen molar-refractivity contribution in [3.05, 3.63) is 60.0 Å². The molecule has 3 heterocycles. The van der Waals surface area contributed by atoms with Crippen LogP contribution < -0.4 is 5.32 Å². The number of carbonyl (C=O) groups excluding carboxylic acids is 1. The Labute approximate surface area is 176 Å². The number of amides is 1. The van der Waals surface area contributed by atoms with Gasteiger partial charge in [-0.05, 0) is 13.0 Å². The van der Waals surface area contributed by atoms with Crippen molar-refractivity contribution in [2.24, 2.45) is 0 Å². The van der Waals surface area contributed by atoms with Crippen LogP contribution in [0.1, 0.15) is 17.7 Å². The molecule has 1 aromatic carbocycles. The number of hydrogen-bond donors (Lipinski definition) is 1. The minimum absolute atomic E-state index is 0.158. The molecule has 4 rings (SSSR count). The van der Waals surface area contributed by atoms with Gasteiger partial charge in [0, 0.05) is 18.2 Å². The maximum atomic E-state index is 13.8. The summed E-state index contributed by atoms with van der Waals surface area (Å²) in [5.74, 6) is -0.383. The van der Waals surface area contributed by atoms with Gasteiger partial charge in [-0.3, -0.25) is 4.79 Å². The molecule has 0 aliphatic heterocycles. The van der Waals surface area contributed by atoms with Crippen molar-refractivity contribution in [2.75, 3.05) is 12.4 Å². The number of nitrogens with zero attached hydrogens (tertiary/aromatic N) is 5. The molecule has 0 spiro atoms. The van der Waals surface area contributed by atoms with Gasteiger partial charge in [-0.15, -0.1) is 0 Å². The van der Waals surface area contributed by atoms with Crippen LogP contribution in [0.4, 0.5) is 14.5 Å². The molecular formula is C21H20F2N6O2. The van der Waals surface area contributed by atoms with Crippen molar-refractivity contribution in [3.63, 3.8) is 0 Å². The molecule has 31 heavy (non-hydrogen) atoms. The van der Waals surface area contributed by atoms with E-state index in [9.17, 15) is 13.6 Å². The zero-order chi connectivity index (χ0) is 22.0. The molecule has 0 aliphatic rings. The van der Waals surface area contributed by atoms with E-state index in [4.69, 9.17) is 4.74 Å². The number of hydrogen-bond acceptors (Lipinski definition) is 5. The number of aromatic nitrogens is 5. The summed E-state index contributed by atoms with van der Waals surface area (Å²) in [6.45, 7) is 1.69. The fourth-order valence-electron chi connectivity index (χ4n) is 3.39. The number of carbonyl (C=O) groups is 1. The van der Waals surface area contributed by atoms with E-state index in [0.717, 1.165) is 0 Å². The number of anilines is 1. The van der Waals surface area contributed by atoms with Gasteiger partial charge in [0.2, 0.25) is 5.91 Å². The number of aryl methyl sites for hydroxylation is 1. The Morgan fingerprint density at radius 1 is 1.26 bits per heavy atom. The van der Waals surface area contributed by atoms with E-state index in [1.165, 1.54) is 28.7 Å². The highest BCUT2D eigenvalue weighted by Crippen LogP contribution is 2.33. The second-order valence-electron chi connectivity index (χ2n) is 6.94. The second kappa shape index (κ2) is 8.60. The number of benzene rings is 1. The highest BCUT2D eigenvalue weighted by atomic mass is 19.3. The largest absolute Gasteiger partial charge is 0.362 e. The number of alkyl halides is 2. The zero-order valence-electron chi connectivity index (χ0n) is 16.9. The first-order valence-electron chi connectivity index (χ1n) is 9.49. The maximum absolute atomic E-state index is 13.8. The van der Waals surface area contributed by atoms with E-state index in [0.29, 0.717) is 22.6 Å². The number of fused-ring (bicyclic) bond motifs is 1. The molecule has 3 aromatic heterocycles. The van der Waals surface area contributed by atoms with Gasteiger partial charge in [0.15, 0.2) is 5.65 Å². The third-order valence-electron chi connectivity index (χ3n) is 4.68. The fraction of sp³-hybridized carbons (Fsp3) is 0.238. The average Bonchev–Trinajstić information content (AvgIpc) is 3.32. The SMILES string of the molecule is COCn1cc(NC(=O)Cn2nc(C)c3c(C(F)F)cc(-c4ccccc4)nc32)cn1. The van der Waals surface area contributed by atoms with Gasteiger partial charge in [0.25, 0.3) is 6.43 Å². The van der Waals surface area contributed by atoms with E-state index < -0.39 is 6.43 Å². The Morgan fingerprint density at radius 3 is 2.74 bits per heavy atom. The number of rotatable bonds is 7. The molecule has 0 unspecified atom stereocenters. The Bertz CT molecular complexity index is 1220. The molecule has 0 bridgehead atoms. The first-order valence-corrected chi connectivity index (χ1v) is 9.49. The van der Waals surface area contributed by atoms with E-state index in [1.807, 2.05) is 18.2 Å². The lowest BCUT2D eigenvalue weighted by Gasteiger charge is -2.09. The Balaban J connectivity index is 1.68. The van der Waals surface area contributed by atoms with Gasteiger partial charge < -0.3 is 10.1 Å². The Morgan fingerprint density at radius 2 is 2.03 bits per heavy atom. The first kappa shape index (κ1) is 20.6. The van der Waals surface area contributed by atoms with Gasteiger partial charge in [0.05, 0.1) is 34.9 Å². The van der Waals surface area contributed by atoms with E-state index in [1.54, 1.807) is 25.3 Å². The van der Waals surface area contributed by atoms with Crippen LogP contribution >= 0.6 is 0 Å². The van der Waals surface area contributed by atoms with Gasteiger partial charge in [-0.2, -0.15) is 10.2 Å². The normalized spacial score (nSPS) is 11.4. The summed E-state index contributed by atoms with van der Waals surface area (Å²) in [6, 6.07) is 10.4. The van der Waals surface area contributed by atoms with Crippen LogP contribution in [-0.4, -0.2) is 37.6 Å². The minimum atomic E-state index is -2.70. The molecule has 160 valence electrons. The van der Waals surface area contributed by atoms with Crippen molar-refractivity contribution >= 4 is 22.6 Å².